The van der Waals surface area contributed by atoms with E-state index in [4.69, 9.17) is 5.73 Å². The van der Waals surface area contributed by atoms with Crippen molar-refractivity contribution in [2.45, 2.75) is 13.0 Å². The molecule has 1 fully saturated rings. The Morgan fingerprint density at radius 2 is 1.79 bits per heavy atom. The summed E-state index contributed by atoms with van der Waals surface area (Å²) in [7, 11) is 0. The Balaban J connectivity index is 1.53. The first-order valence-electron chi connectivity index (χ1n) is 8.09. The predicted octanol–water partition coefficient (Wildman–Crippen LogP) is 2.25. The number of primary amides is 1. The normalized spacial score (nSPS) is 17.6. The second-order valence-electron chi connectivity index (χ2n) is 6.14. The van der Waals surface area contributed by atoms with Crippen LogP contribution in [0.25, 0.3) is 0 Å². The molecule has 0 spiro atoms. The van der Waals surface area contributed by atoms with Gasteiger partial charge in [0.15, 0.2) is 0 Å². The van der Waals surface area contributed by atoms with Gasteiger partial charge in [-0.15, -0.1) is 0 Å². The van der Waals surface area contributed by atoms with Crippen LogP contribution in [0.1, 0.15) is 22.3 Å². The van der Waals surface area contributed by atoms with E-state index in [1.807, 2.05) is 18.2 Å². The van der Waals surface area contributed by atoms with Crippen LogP contribution < -0.4 is 11.1 Å². The monoisotopic (exact) mass is 323 g/mol. The number of carbonyl (C=O) groups excluding carboxylic acids is 2. The van der Waals surface area contributed by atoms with Crippen LogP contribution in [0.3, 0.4) is 0 Å². The molecule has 1 heterocycles. The smallest absolute Gasteiger partial charge is 0.248 e. The maximum absolute atomic E-state index is 12.4. The van der Waals surface area contributed by atoms with E-state index < -0.39 is 5.91 Å². The molecule has 3 rings (SSSR count). The lowest BCUT2D eigenvalue weighted by Crippen LogP contribution is -2.27. The first-order chi connectivity index (χ1) is 11.6. The summed E-state index contributed by atoms with van der Waals surface area (Å²) in [6.07, 6.45) is 0.859. The molecule has 2 amide bonds. The van der Waals surface area contributed by atoms with Crippen LogP contribution in [0, 0.1) is 5.92 Å². The van der Waals surface area contributed by atoms with Gasteiger partial charge < -0.3 is 11.1 Å². The van der Waals surface area contributed by atoms with Crippen molar-refractivity contribution in [3.63, 3.8) is 0 Å². The van der Waals surface area contributed by atoms with Gasteiger partial charge in [-0.05, 0) is 42.8 Å². The summed E-state index contributed by atoms with van der Waals surface area (Å²) in [5.41, 5.74) is 7.60. The Bertz CT molecular complexity index is 713. The number of hydrogen-bond acceptors (Lipinski definition) is 3. The highest BCUT2D eigenvalue weighted by Crippen LogP contribution is 2.20. The fourth-order valence-electron chi connectivity index (χ4n) is 2.99. The third-order valence-electron chi connectivity index (χ3n) is 4.33. The van der Waals surface area contributed by atoms with Crippen LogP contribution in [0.5, 0.6) is 0 Å². The quantitative estimate of drug-likeness (QED) is 0.886. The molecule has 0 aromatic heterocycles. The van der Waals surface area contributed by atoms with Gasteiger partial charge in [0.25, 0.3) is 0 Å². The second kappa shape index (κ2) is 7.27. The van der Waals surface area contributed by atoms with Gasteiger partial charge in [0.1, 0.15) is 0 Å². The summed E-state index contributed by atoms with van der Waals surface area (Å²) in [6.45, 7) is 2.56. The van der Waals surface area contributed by atoms with E-state index >= 15 is 0 Å². The third kappa shape index (κ3) is 4.00. The molecule has 2 aromatic rings. The summed E-state index contributed by atoms with van der Waals surface area (Å²) in [5.74, 6) is -0.456. The Kier molecular flexibility index (Phi) is 4.91. The molecule has 1 unspecified atom stereocenters. The number of amides is 2. The Morgan fingerprint density at radius 3 is 2.46 bits per heavy atom. The Labute approximate surface area is 141 Å². The third-order valence-corrected chi connectivity index (χ3v) is 4.33. The van der Waals surface area contributed by atoms with Crippen molar-refractivity contribution < 1.29 is 9.59 Å². The molecule has 0 aliphatic carbocycles. The molecule has 1 saturated heterocycles. The lowest BCUT2D eigenvalue weighted by Gasteiger charge is -2.16. The SMILES string of the molecule is NC(=O)c1ccc(NC(=O)C2CCN(Cc3ccccc3)C2)cc1. The number of benzene rings is 2. The summed E-state index contributed by atoms with van der Waals surface area (Å²) < 4.78 is 0. The van der Waals surface area contributed by atoms with E-state index in [1.54, 1.807) is 24.3 Å². The van der Waals surface area contributed by atoms with E-state index in [2.05, 4.69) is 22.3 Å². The summed E-state index contributed by atoms with van der Waals surface area (Å²) >= 11 is 0. The lowest BCUT2D eigenvalue weighted by molar-refractivity contribution is -0.119. The topological polar surface area (TPSA) is 75.4 Å². The van der Waals surface area contributed by atoms with Crippen molar-refractivity contribution in [2.75, 3.05) is 18.4 Å². The summed E-state index contributed by atoms with van der Waals surface area (Å²) in [6, 6.07) is 16.9. The molecule has 5 nitrogen and oxygen atoms in total. The van der Waals surface area contributed by atoms with Crippen molar-refractivity contribution in [1.82, 2.24) is 4.90 Å². The zero-order valence-corrected chi connectivity index (χ0v) is 13.4. The molecule has 5 heteroatoms. The molecular formula is C19H21N3O2. The fourth-order valence-corrected chi connectivity index (χ4v) is 2.99. The highest BCUT2D eigenvalue weighted by atomic mass is 16.2. The van der Waals surface area contributed by atoms with Crippen LogP contribution in [-0.4, -0.2) is 29.8 Å². The number of nitrogens with two attached hydrogens (primary N) is 1. The van der Waals surface area contributed by atoms with Gasteiger partial charge in [0, 0.05) is 24.3 Å². The first kappa shape index (κ1) is 16.2. The van der Waals surface area contributed by atoms with E-state index in [0.29, 0.717) is 11.3 Å². The molecule has 1 aliphatic heterocycles. The fraction of sp³-hybridized carbons (Fsp3) is 0.263. The molecule has 3 N–H and O–H groups in total. The minimum Gasteiger partial charge on any atom is -0.366 e. The van der Waals surface area contributed by atoms with Crippen molar-refractivity contribution in [3.8, 4) is 0 Å². The van der Waals surface area contributed by atoms with E-state index in [0.717, 1.165) is 26.1 Å². The van der Waals surface area contributed by atoms with E-state index in [-0.39, 0.29) is 11.8 Å². The number of carbonyl (C=O) groups is 2. The van der Waals surface area contributed by atoms with Crippen molar-refractivity contribution in [2.24, 2.45) is 11.7 Å². The van der Waals surface area contributed by atoms with E-state index in [9.17, 15) is 9.59 Å². The number of likely N-dealkylation sites (tertiary alicyclic amines) is 1. The van der Waals surface area contributed by atoms with Gasteiger partial charge in [-0.1, -0.05) is 30.3 Å². The molecule has 2 aromatic carbocycles. The number of hydrogen-bond donors (Lipinski definition) is 2. The number of nitrogens with one attached hydrogen (secondary N) is 1. The van der Waals surface area contributed by atoms with Gasteiger partial charge in [-0.3, -0.25) is 14.5 Å². The van der Waals surface area contributed by atoms with Crippen LogP contribution in [-0.2, 0) is 11.3 Å². The molecule has 1 atom stereocenters. The molecule has 1 aliphatic rings. The summed E-state index contributed by atoms with van der Waals surface area (Å²) in [4.78, 5) is 25.8. The largest absolute Gasteiger partial charge is 0.366 e. The van der Waals surface area contributed by atoms with Crippen molar-refractivity contribution >= 4 is 17.5 Å². The van der Waals surface area contributed by atoms with Gasteiger partial charge in [-0.2, -0.15) is 0 Å². The highest BCUT2D eigenvalue weighted by Gasteiger charge is 2.28. The number of nitrogens with zero attached hydrogens (tertiary/aromatic N) is 1. The molecule has 0 bridgehead atoms. The number of anilines is 1. The number of rotatable bonds is 5. The van der Waals surface area contributed by atoms with Gasteiger partial charge >= 0.3 is 0 Å². The van der Waals surface area contributed by atoms with Gasteiger partial charge in [0.05, 0.1) is 5.92 Å². The predicted molar refractivity (Wildman–Crippen MR) is 93.4 cm³/mol. The van der Waals surface area contributed by atoms with Crippen LogP contribution in [0.4, 0.5) is 5.69 Å². The summed E-state index contributed by atoms with van der Waals surface area (Å²) in [5, 5.41) is 2.92. The standard InChI is InChI=1S/C19H21N3O2/c20-18(23)15-6-8-17(9-7-15)21-19(24)16-10-11-22(13-16)12-14-4-2-1-3-5-14/h1-9,16H,10-13H2,(H2,20,23)(H,21,24). The van der Waals surface area contributed by atoms with Crippen molar-refractivity contribution in [3.05, 3.63) is 65.7 Å². The van der Waals surface area contributed by atoms with Crippen LogP contribution >= 0.6 is 0 Å². The van der Waals surface area contributed by atoms with Crippen LogP contribution in [0.15, 0.2) is 54.6 Å². The lowest BCUT2D eigenvalue weighted by atomic mass is 10.1. The zero-order chi connectivity index (χ0) is 16.9. The Morgan fingerprint density at radius 1 is 1.08 bits per heavy atom. The van der Waals surface area contributed by atoms with Crippen LogP contribution in [0.2, 0.25) is 0 Å². The average Bonchev–Trinajstić information content (AvgIpc) is 3.05. The molecule has 0 saturated carbocycles. The van der Waals surface area contributed by atoms with Crippen molar-refractivity contribution in [1.29, 1.82) is 0 Å². The van der Waals surface area contributed by atoms with Gasteiger partial charge in [0.2, 0.25) is 11.8 Å². The molecule has 0 radical (unpaired) electrons. The van der Waals surface area contributed by atoms with E-state index in [1.165, 1.54) is 5.56 Å². The highest BCUT2D eigenvalue weighted by molar-refractivity contribution is 5.95. The Hall–Kier alpha value is -2.66. The molecule has 124 valence electrons. The minimum atomic E-state index is -0.472. The zero-order valence-electron chi connectivity index (χ0n) is 13.4. The molecular weight excluding hydrogens is 302 g/mol. The first-order valence-corrected chi connectivity index (χ1v) is 8.09. The van der Waals surface area contributed by atoms with Gasteiger partial charge in [-0.25, -0.2) is 0 Å². The minimum absolute atomic E-state index is 0.00970. The second-order valence-corrected chi connectivity index (χ2v) is 6.14. The maximum Gasteiger partial charge on any atom is 0.248 e. The molecule has 24 heavy (non-hydrogen) atoms. The average molecular weight is 323 g/mol. The maximum atomic E-state index is 12.4.